The first-order chi connectivity index (χ1) is 8.88. The minimum atomic E-state index is -0.255. The first kappa shape index (κ1) is 11.9. The Kier molecular flexibility index (Phi) is 1.90. The molecule has 0 heterocycles. The van der Waals surface area contributed by atoms with E-state index in [4.69, 9.17) is 0 Å². The van der Waals surface area contributed by atoms with Crippen molar-refractivity contribution in [3.05, 3.63) is 11.1 Å². The Morgan fingerprint density at radius 2 is 1.89 bits per heavy atom. The van der Waals surface area contributed by atoms with Gasteiger partial charge in [0.15, 0.2) is 0 Å². The molecule has 1 spiro atoms. The highest BCUT2D eigenvalue weighted by molar-refractivity contribution is 6.10. The summed E-state index contributed by atoms with van der Waals surface area (Å²) in [6.45, 7) is 6.51. The van der Waals surface area contributed by atoms with E-state index in [0.29, 0.717) is 6.42 Å². The maximum Gasteiger partial charge on any atom is 0.150 e. The first-order valence-electron chi connectivity index (χ1n) is 7.62. The molecule has 4 atom stereocenters. The van der Waals surface area contributed by atoms with Gasteiger partial charge in [0.2, 0.25) is 0 Å². The highest BCUT2D eigenvalue weighted by Gasteiger charge is 2.79. The Morgan fingerprint density at radius 1 is 1.16 bits per heavy atom. The van der Waals surface area contributed by atoms with Crippen molar-refractivity contribution in [2.24, 2.45) is 22.2 Å². The maximum absolute atomic E-state index is 12.8. The Hall–Kier alpha value is -0.920. The number of carbonyl (C=O) groups excluding carboxylic acids is 2. The molecule has 4 aliphatic rings. The molecule has 4 aliphatic carbocycles. The van der Waals surface area contributed by atoms with Crippen molar-refractivity contribution in [2.45, 2.75) is 59.3 Å². The molecule has 4 fully saturated rings. The molecule has 0 aromatic carbocycles. The average Bonchev–Trinajstić information content (AvgIpc) is 2.87. The molecule has 0 N–H and O–H groups in total. The summed E-state index contributed by atoms with van der Waals surface area (Å²) in [5.74, 6) is 0.261. The summed E-state index contributed by atoms with van der Waals surface area (Å²) in [5.41, 5.74) is 2.76. The van der Waals surface area contributed by atoms with Crippen molar-refractivity contribution in [1.29, 1.82) is 0 Å². The van der Waals surface area contributed by atoms with E-state index in [-0.39, 0.29) is 33.7 Å². The van der Waals surface area contributed by atoms with Crippen LogP contribution in [-0.4, -0.2) is 11.6 Å². The standard InChI is InChI=1S/C17H22O2/c1-10(2)12-8-15(3)14(19)11-7-17(15)6-4-5-16(12,17)9-13(11)18/h11H,4-9H2,1-3H3/t11-,15+,16+,17-/m1/s1. The molecule has 0 radical (unpaired) electrons. The maximum atomic E-state index is 12.8. The molecule has 19 heavy (non-hydrogen) atoms. The van der Waals surface area contributed by atoms with Crippen molar-refractivity contribution < 1.29 is 9.59 Å². The van der Waals surface area contributed by atoms with E-state index in [1.807, 2.05) is 0 Å². The van der Waals surface area contributed by atoms with Crippen LogP contribution >= 0.6 is 0 Å². The van der Waals surface area contributed by atoms with Gasteiger partial charge in [-0.25, -0.2) is 0 Å². The van der Waals surface area contributed by atoms with Crippen LogP contribution in [0.2, 0.25) is 0 Å². The van der Waals surface area contributed by atoms with Gasteiger partial charge in [0.05, 0.1) is 5.92 Å². The van der Waals surface area contributed by atoms with Crippen molar-refractivity contribution in [3.8, 4) is 0 Å². The van der Waals surface area contributed by atoms with Crippen molar-refractivity contribution in [2.75, 3.05) is 0 Å². The van der Waals surface area contributed by atoms with Gasteiger partial charge >= 0.3 is 0 Å². The molecule has 0 saturated heterocycles. The van der Waals surface area contributed by atoms with Crippen molar-refractivity contribution in [1.82, 2.24) is 0 Å². The fraction of sp³-hybridized carbons (Fsp3) is 0.765. The molecule has 2 bridgehead atoms. The van der Waals surface area contributed by atoms with Gasteiger partial charge in [0.1, 0.15) is 11.6 Å². The lowest BCUT2D eigenvalue weighted by Gasteiger charge is -2.46. The molecule has 0 unspecified atom stereocenters. The summed E-state index contributed by atoms with van der Waals surface area (Å²) in [4.78, 5) is 25.3. The topological polar surface area (TPSA) is 34.1 Å². The summed E-state index contributed by atoms with van der Waals surface area (Å²) in [5, 5.41) is 0. The van der Waals surface area contributed by atoms with E-state index < -0.39 is 0 Å². The summed E-state index contributed by atoms with van der Waals surface area (Å²) in [6.07, 6.45) is 5.93. The zero-order valence-electron chi connectivity index (χ0n) is 12.1. The van der Waals surface area contributed by atoms with Crippen LogP contribution in [0.5, 0.6) is 0 Å². The lowest BCUT2D eigenvalue weighted by Crippen LogP contribution is -2.43. The van der Waals surface area contributed by atoms with E-state index in [0.717, 1.165) is 25.7 Å². The zero-order valence-corrected chi connectivity index (χ0v) is 12.1. The second-order valence-electron chi connectivity index (χ2n) is 7.77. The number of hydrogen-bond donors (Lipinski definition) is 0. The van der Waals surface area contributed by atoms with Gasteiger partial charge in [-0.3, -0.25) is 9.59 Å². The quantitative estimate of drug-likeness (QED) is 0.492. The number of ketones is 2. The van der Waals surface area contributed by atoms with Crippen LogP contribution < -0.4 is 0 Å². The van der Waals surface area contributed by atoms with Gasteiger partial charge < -0.3 is 0 Å². The number of carbonyl (C=O) groups is 2. The lowest BCUT2D eigenvalue weighted by atomic mass is 9.55. The summed E-state index contributed by atoms with van der Waals surface area (Å²) in [6, 6.07) is 0. The van der Waals surface area contributed by atoms with Gasteiger partial charge in [0.25, 0.3) is 0 Å². The van der Waals surface area contributed by atoms with E-state index in [9.17, 15) is 9.59 Å². The highest BCUT2D eigenvalue weighted by atomic mass is 16.2. The molecule has 2 heteroatoms. The largest absolute Gasteiger partial charge is 0.299 e. The number of hydrogen-bond acceptors (Lipinski definition) is 2. The lowest BCUT2D eigenvalue weighted by molar-refractivity contribution is -0.135. The third kappa shape index (κ3) is 0.946. The van der Waals surface area contributed by atoms with Gasteiger partial charge in [-0.15, -0.1) is 0 Å². The van der Waals surface area contributed by atoms with Crippen LogP contribution in [0.1, 0.15) is 59.3 Å². The van der Waals surface area contributed by atoms with Gasteiger partial charge in [0, 0.05) is 17.3 Å². The Balaban J connectivity index is 2.06. The molecule has 0 aromatic rings. The second-order valence-corrected chi connectivity index (χ2v) is 7.77. The van der Waals surface area contributed by atoms with E-state index in [1.165, 1.54) is 17.6 Å². The smallest absolute Gasteiger partial charge is 0.150 e. The van der Waals surface area contributed by atoms with Crippen LogP contribution in [-0.2, 0) is 9.59 Å². The van der Waals surface area contributed by atoms with Crippen LogP contribution in [0.4, 0.5) is 0 Å². The molecular formula is C17H22O2. The predicted molar refractivity (Wildman–Crippen MR) is 72.6 cm³/mol. The summed E-state index contributed by atoms with van der Waals surface area (Å²) < 4.78 is 0. The third-order valence-electron chi connectivity index (χ3n) is 7.17. The molecule has 0 aromatic heterocycles. The molecule has 102 valence electrons. The van der Waals surface area contributed by atoms with Crippen molar-refractivity contribution >= 4 is 11.6 Å². The number of fused-ring (bicyclic) bond motifs is 1. The minimum Gasteiger partial charge on any atom is -0.299 e. The van der Waals surface area contributed by atoms with Crippen LogP contribution in [0.15, 0.2) is 11.1 Å². The Bertz CT molecular complexity index is 554. The van der Waals surface area contributed by atoms with Gasteiger partial charge in [-0.2, -0.15) is 0 Å². The molecule has 4 saturated carbocycles. The van der Waals surface area contributed by atoms with Crippen molar-refractivity contribution in [3.63, 3.8) is 0 Å². The molecular weight excluding hydrogens is 236 g/mol. The van der Waals surface area contributed by atoms with E-state index in [1.54, 1.807) is 0 Å². The fourth-order valence-corrected chi connectivity index (χ4v) is 6.48. The molecule has 0 aliphatic heterocycles. The SMILES string of the molecule is CC(C)=C1C[C@@]2(C)C(=O)[C@@H]3C[C@]24CCC[C@]14CC3=O. The van der Waals surface area contributed by atoms with Gasteiger partial charge in [-0.05, 0) is 44.9 Å². The van der Waals surface area contributed by atoms with E-state index in [2.05, 4.69) is 20.8 Å². The zero-order chi connectivity index (χ0) is 13.6. The third-order valence-corrected chi connectivity index (χ3v) is 7.17. The normalized spacial score (nSPS) is 50.9. The molecule has 4 rings (SSSR count). The first-order valence-corrected chi connectivity index (χ1v) is 7.62. The van der Waals surface area contributed by atoms with E-state index >= 15 is 0 Å². The van der Waals surface area contributed by atoms with Crippen LogP contribution in [0.3, 0.4) is 0 Å². The Labute approximate surface area is 114 Å². The monoisotopic (exact) mass is 258 g/mol. The fourth-order valence-electron chi connectivity index (χ4n) is 6.48. The number of rotatable bonds is 0. The highest BCUT2D eigenvalue weighted by Crippen LogP contribution is 2.81. The van der Waals surface area contributed by atoms with Crippen LogP contribution in [0.25, 0.3) is 0 Å². The number of Topliss-reactive ketones (excluding diaryl/α,β-unsaturated/α-hetero) is 2. The number of allylic oxidation sites excluding steroid dienone is 2. The predicted octanol–water partition coefficient (Wildman–Crippen LogP) is 3.45. The molecule has 0 amide bonds. The minimum absolute atomic E-state index is 0.0559. The van der Waals surface area contributed by atoms with Crippen LogP contribution in [0, 0.1) is 22.2 Å². The summed E-state index contributed by atoms with van der Waals surface area (Å²) >= 11 is 0. The molecule has 2 nitrogen and oxygen atoms in total. The second kappa shape index (κ2) is 3.05. The summed E-state index contributed by atoms with van der Waals surface area (Å²) in [7, 11) is 0. The van der Waals surface area contributed by atoms with Gasteiger partial charge in [-0.1, -0.05) is 24.5 Å². The average molecular weight is 258 g/mol. The Morgan fingerprint density at radius 3 is 2.58 bits per heavy atom.